The molecule has 2 aromatic rings. The lowest BCUT2D eigenvalue weighted by molar-refractivity contribution is 0.0697. The summed E-state index contributed by atoms with van der Waals surface area (Å²) < 4.78 is 13.3. The smallest absolute Gasteiger partial charge is 0.335 e. The predicted molar refractivity (Wildman–Crippen MR) is 68.2 cm³/mol. The Morgan fingerprint density at radius 1 is 1.21 bits per heavy atom. The van der Waals surface area contributed by atoms with E-state index >= 15 is 0 Å². The van der Waals surface area contributed by atoms with Crippen LogP contribution < -0.4 is 0 Å². The molecule has 0 fully saturated rings. The minimum Gasteiger partial charge on any atom is -0.478 e. The van der Waals surface area contributed by atoms with E-state index in [0.717, 1.165) is 0 Å². The highest BCUT2D eigenvalue weighted by Crippen LogP contribution is 2.28. The van der Waals surface area contributed by atoms with Crippen LogP contribution in [0.4, 0.5) is 4.39 Å². The van der Waals surface area contributed by atoms with Gasteiger partial charge in [-0.05, 0) is 48.4 Å². The number of hydrogen-bond acceptors (Lipinski definition) is 2. The summed E-state index contributed by atoms with van der Waals surface area (Å²) in [7, 11) is 0. The molecule has 0 aliphatic rings. The molecule has 0 amide bonds. The Hall–Kier alpha value is -2.67. The monoisotopic (exact) mass is 255 g/mol. The molecule has 0 aliphatic carbocycles. The number of halogens is 1. The van der Waals surface area contributed by atoms with Crippen molar-refractivity contribution in [1.29, 1.82) is 5.26 Å². The molecular formula is C15H10FNO2. The van der Waals surface area contributed by atoms with Gasteiger partial charge in [0.1, 0.15) is 5.82 Å². The van der Waals surface area contributed by atoms with Crippen molar-refractivity contribution < 1.29 is 14.3 Å². The first-order valence-corrected chi connectivity index (χ1v) is 5.57. The third kappa shape index (κ3) is 2.45. The summed E-state index contributed by atoms with van der Waals surface area (Å²) in [6, 6.07) is 10.5. The van der Waals surface area contributed by atoms with Crippen LogP contribution in [-0.2, 0) is 0 Å². The highest BCUT2D eigenvalue weighted by molar-refractivity contribution is 5.89. The molecule has 2 rings (SSSR count). The van der Waals surface area contributed by atoms with Gasteiger partial charge in [-0.15, -0.1) is 0 Å². The van der Waals surface area contributed by atoms with Crippen LogP contribution in [0.5, 0.6) is 0 Å². The van der Waals surface area contributed by atoms with Crippen LogP contribution in [-0.4, -0.2) is 11.1 Å². The van der Waals surface area contributed by atoms with E-state index in [-0.39, 0.29) is 5.56 Å². The fraction of sp³-hybridized carbons (Fsp3) is 0.0667. The van der Waals surface area contributed by atoms with Crippen LogP contribution in [0.25, 0.3) is 11.1 Å². The highest BCUT2D eigenvalue weighted by Gasteiger charge is 2.11. The second kappa shape index (κ2) is 4.91. The van der Waals surface area contributed by atoms with E-state index in [1.807, 2.05) is 6.07 Å². The molecule has 3 nitrogen and oxygen atoms in total. The van der Waals surface area contributed by atoms with Gasteiger partial charge >= 0.3 is 5.97 Å². The average molecular weight is 255 g/mol. The fourth-order valence-corrected chi connectivity index (χ4v) is 1.94. The number of nitrogens with zero attached hydrogens (tertiary/aromatic N) is 1. The summed E-state index contributed by atoms with van der Waals surface area (Å²) >= 11 is 0. The molecule has 0 atom stereocenters. The normalized spacial score (nSPS) is 9.95. The summed E-state index contributed by atoms with van der Waals surface area (Å²) in [5.74, 6) is -1.45. The zero-order valence-electron chi connectivity index (χ0n) is 10.1. The summed E-state index contributed by atoms with van der Waals surface area (Å²) in [6.07, 6.45) is 0. The third-order valence-electron chi connectivity index (χ3n) is 2.87. The van der Waals surface area contributed by atoms with E-state index in [1.165, 1.54) is 30.3 Å². The van der Waals surface area contributed by atoms with Crippen LogP contribution in [0.15, 0.2) is 36.4 Å². The molecule has 1 N–H and O–H groups in total. The molecule has 0 unspecified atom stereocenters. The van der Waals surface area contributed by atoms with E-state index in [1.54, 1.807) is 13.0 Å². The van der Waals surface area contributed by atoms with Crippen LogP contribution >= 0.6 is 0 Å². The largest absolute Gasteiger partial charge is 0.478 e. The van der Waals surface area contributed by atoms with Gasteiger partial charge in [0.2, 0.25) is 0 Å². The lowest BCUT2D eigenvalue weighted by Gasteiger charge is -2.09. The van der Waals surface area contributed by atoms with Crippen molar-refractivity contribution in [2.75, 3.05) is 0 Å². The molecule has 0 bridgehead atoms. The SMILES string of the molecule is Cc1cc(C(=O)O)ccc1-c1cc(F)ccc1C#N. The second-order valence-electron chi connectivity index (χ2n) is 4.14. The molecule has 0 spiro atoms. The van der Waals surface area contributed by atoms with Crippen molar-refractivity contribution in [2.45, 2.75) is 6.92 Å². The first kappa shape index (κ1) is 12.8. The number of aryl methyl sites for hydroxylation is 1. The number of benzene rings is 2. The van der Waals surface area contributed by atoms with E-state index in [4.69, 9.17) is 10.4 Å². The average Bonchev–Trinajstić information content (AvgIpc) is 2.38. The maximum Gasteiger partial charge on any atom is 0.335 e. The Morgan fingerprint density at radius 2 is 1.95 bits per heavy atom. The molecular weight excluding hydrogens is 245 g/mol. The molecule has 2 aromatic carbocycles. The maximum atomic E-state index is 13.3. The Kier molecular flexibility index (Phi) is 3.30. The van der Waals surface area contributed by atoms with Crippen LogP contribution in [0.2, 0.25) is 0 Å². The van der Waals surface area contributed by atoms with Gasteiger partial charge in [0.25, 0.3) is 0 Å². The molecule has 0 aromatic heterocycles. The molecule has 19 heavy (non-hydrogen) atoms. The predicted octanol–water partition coefficient (Wildman–Crippen LogP) is 3.37. The zero-order valence-corrected chi connectivity index (χ0v) is 10.1. The van der Waals surface area contributed by atoms with Crippen molar-refractivity contribution in [3.8, 4) is 17.2 Å². The van der Waals surface area contributed by atoms with Crippen molar-refractivity contribution >= 4 is 5.97 Å². The maximum absolute atomic E-state index is 13.3. The Balaban J connectivity index is 2.63. The summed E-state index contributed by atoms with van der Waals surface area (Å²) in [5, 5.41) is 17.9. The molecule has 0 saturated heterocycles. The van der Waals surface area contributed by atoms with Crippen molar-refractivity contribution in [1.82, 2.24) is 0 Å². The first-order chi connectivity index (χ1) is 9.02. The highest BCUT2D eigenvalue weighted by atomic mass is 19.1. The number of aromatic carboxylic acids is 1. The second-order valence-corrected chi connectivity index (χ2v) is 4.14. The Morgan fingerprint density at radius 3 is 2.53 bits per heavy atom. The van der Waals surface area contributed by atoms with Crippen LogP contribution in [0, 0.1) is 24.1 Å². The minimum absolute atomic E-state index is 0.163. The standard InChI is InChI=1S/C15H10FNO2/c1-9-6-10(15(18)19)3-5-13(9)14-7-12(16)4-2-11(14)8-17/h2-7H,1H3,(H,18,19). The van der Waals surface area contributed by atoms with E-state index in [2.05, 4.69) is 0 Å². The first-order valence-electron chi connectivity index (χ1n) is 5.57. The summed E-state index contributed by atoms with van der Waals surface area (Å²) in [5.41, 5.74) is 2.32. The summed E-state index contributed by atoms with van der Waals surface area (Å²) in [6.45, 7) is 1.73. The van der Waals surface area contributed by atoms with Gasteiger partial charge in [0, 0.05) is 5.56 Å². The lowest BCUT2D eigenvalue weighted by atomic mass is 9.95. The van der Waals surface area contributed by atoms with Crippen LogP contribution in [0.3, 0.4) is 0 Å². The molecule has 0 radical (unpaired) electrons. The zero-order chi connectivity index (χ0) is 14.0. The Labute approximate surface area is 109 Å². The quantitative estimate of drug-likeness (QED) is 0.894. The van der Waals surface area contributed by atoms with Gasteiger partial charge in [-0.3, -0.25) is 0 Å². The number of nitriles is 1. The number of carboxylic acid groups (broad SMARTS) is 1. The van der Waals surface area contributed by atoms with Crippen molar-refractivity contribution in [2.24, 2.45) is 0 Å². The molecule has 0 heterocycles. The van der Waals surface area contributed by atoms with Crippen molar-refractivity contribution in [3.05, 3.63) is 58.9 Å². The summed E-state index contributed by atoms with van der Waals surface area (Å²) in [4.78, 5) is 10.9. The number of carboxylic acids is 1. The Bertz CT molecular complexity index is 702. The van der Waals surface area contributed by atoms with Gasteiger partial charge in [-0.25, -0.2) is 9.18 Å². The molecule has 0 aliphatic heterocycles. The van der Waals surface area contributed by atoms with E-state index < -0.39 is 11.8 Å². The van der Waals surface area contributed by atoms with E-state index in [0.29, 0.717) is 22.3 Å². The van der Waals surface area contributed by atoms with Crippen molar-refractivity contribution in [3.63, 3.8) is 0 Å². The van der Waals surface area contributed by atoms with E-state index in [9.17, 15) is 9.18 Å². The topological polar surface area (TPSA) is 61.1 Å². The van der Waals surface area contributed by atoms with Crippen LogP contribution in [0.1, 0.15) is 21.5 Å². The number of carbonyl (C=O) groups is 1. The molecule has 4 heteroatoms. The molecule has 94 valence electrons. The van der Waals surface area contributed by atoms with Gasteiger partial charge in [0.05, 0.1) is 17.2 Å². The third-order valence-corrected chi connectivity index (χ3v) is 2.87. The molecule has 0 saturated carbocycles. The minimum atomic E-state index is -1.02. The number of rotatable bonds is 2. The number of hydrogen-bond donors (Lipinski definition) is 1. The van der Waals surface area contributed by atoms with Gasteiger partial charge in [-0.1, -0.05) is 6.07 Å². The lowest BCUT2D eigenvalue weighted by Crippen LogP contribution is -1.98. The van der Waals surface area contributed by atoms with Gasteiger partial charge < -0.3 is 5.11 Å². The fourth-order valence-electron chi connectivity index (χ4n) is 1.94. The van der Waals surface area contributed by atoms with Gasteiger partial charge in [0.15, 0.2) is 0 Å². The van der Waals surface area contributed by atoms with Gasteiger partial charge in [-0.2, -0.15) is 5.26 Å².